The second-order valence-corrected chi connectivity index (χ2v) is 8.48. The van der Waals surface area contributed by atoms with Crippen LogP contribution in [0.15, 0.2) is 42.5 Å². The lowest BCUT2D eigenvalue weighted by molar-refractivity contribution is 0.604. The molecule has 0 aromatic heterocycles. The summed E-state index contributed by atoms with van der Waals surface area (Å²) in [6.07, 6.45) is 5.20. The quantitative estimate of drug-likeness (QED) is 0.877. The van der Waals surface area contributed by atoms with Crippen molar-refractivity contribution in [2.24, 2.45) is 0 Å². The van der Waals surface area contributed by atoms with E-state index in [9.17, 15) is 4.21 Å². The van der Waals surface area contributed by atoms with Crippen LogP contribution in [0.2, 0.25) is 0 Å². The van der Waals surface area contributed by atoms with Crippen molar-refractivity contribution in [3.8, 4) is 0 Å². The third kappa shape index (κ3) is 2.81. The number of nitrogens with one attached hydrogen (secondary N) is 1. The standard InChI is InChI=1S/C18H21NOS/c1-18(2,3)21(20)19-16-12-6-10-14-8-4-7-13-9-5-11-15(16)17(13)14/h4-11,16,19H,12H2,1-3H3/t16-,21?/m0/s1. The smallest absolute Gasteiger partial charge is 0.0976 e. The summed E-state index contributed by atoms with van der Waals surface area (Å²) in [5, 5.41) is 2.52. The van der Waals surface area contributed by atoms with Crippen molar-refractivity contribution in [3.05, 3.63) is 53.6 Å². The van der Waals surface area contributed by atoms with E-state index in [1.165, 1.54) is 21.9 Å². The molecule has 1 aliphatic rings. The molecular formula is C18H21NOS. The second-order valence-electron chi connectivity index (χ2n) is 6.48. The van der Waals surface area contributed by atoms with Gasteiger partial charge in [0.1, 0.15) is 0 Å². The van der Waals surface area contributed by atoms with Crippen LogP contribution >= 0.6 is 0 Å². The van der Waals surface area contributed by atoms with Gasteiger partial charge in [-0.25, -0.2) is 8.93 Å². The van der Waals surface area contributed by atoms with Crippen molar-refractivity contribution < 1.29 is 4.21 Å². The minimum atomic E-state index is -1.07. The molecule has 0 bridgehead atoms. The lowest BCUT2D eigenvalue weighted by Gasteiger charge is -2.24. The van der Waals surface area contributed by atoms with Crippen molar-refractivity contribution >= 4 is 27.8 Å². The summed E-state index contributed by atoms with van der Waals surface area (Å²) in [4.78, 5) is 0. The van der Waals surface area contributed by atoms with Gasteiger partial charge in [-0.1, -0.05) is 48.6 Å². The number of hydrogen-bond acceptors (Lipinski definition) is 1. The summed E-state index contributed by atoms with van der Waals surface area (Å²) in [6.45, 7) is 5.99. The fourth-order valence-electron chi connectivity index (χ4n) is 2.70. The van der Waals surface area contributed by atoms with Crippen LogP contribution < -0.4 is 4.72 Å². The van der Waals surface area contributed by atoms with E-state index in [4.69, 9.17) is 0 Å². The molecule has 3 heteroatoms. The molecule has 2 aromatic carbocycles. The Bertz CT molecular complexity index is 722. The van der Waals surface area contributed by atoms with Gasteiger partial charge in [-0.15, -0.1) is 0 Å². The highest BCUT2D eigenvalue weighted by molar-refractivity contribution is 7.84. The minimum absolute atomic E-state index is 0.0914. The average molecular weight is 299 g/mol. The summed E-state index contributed by atoms with van der Waals surface area (Å²) in [6, 6.07) is 12.8. The van der Waals surface area contributed by atoms with Crippen LogP contribution in [0.3, 0.4) is 0 Å². The first-order valence-electron chi connectivity index (χ1n) is 7.33. The Kier molecular flexibility index (Phi) is 3.72. The van der Waals surface area contributed by atoms with Gasteiger partial charge >= 0.3 is 0 Å². The minimum Gasteiger partial charge on any atom is -0.242 e. The molecule has 21 heavy (non-hydrogen) atoms. The van der Waals surface area contributed by atoms with Gasteiger partial charge in [0.15, 0.2) is 0 Å². The van der Waals surface area contributed by atoms with Gasteiger partial charge in [0.2, 0.25) is 0 Å². The van der Waals surface area contributed by atoms with Crippen LogP contribution in [-0.2, 0) is 11.0 Å². The Balaban J connectivity index is 2.08. The van der Waals surface area contributed by atoms with Gasteiger partial charge in [-0.3, -0.25) is 0 Å². The first-order chi connectivity index (χ1) is 9.97. The molecule has 2 nitrogen and oxygen atoms in total. The van der Waals surface area contributed by atoms with E-state index in [-0.39, 0.29) is 10.8 Å². The van der Waals surface area contributed by atoms with Gasteiger partial charge in [0.05, 0.1) is 15.7 Å². The van der Waals surface area contributed by atoms with E-state index in [1.54, 1.807) is 0 Å². The first-order valence-corrected chi connectivity index (χ1v) is 8.48. The van der Waals surface area contributed by atoms with Gasteiger partial charge in [0.25, 0.3) is 0 Å². The lowest BCUT2D eigenvalue weighted by Crippen LogP contribution is -2.35. The molecule has 0 saturated heterocycles. The zero-order valence-corrected chi connectivity index (χ0v) is 13.5. The van der Waals surface area contributed by atoms with E-state index in [0.717, 1.165) is 6.42 Å². The van der Waals surface area contributed by atoms with Crippen LogP contribution in [0.4, 0.5) is 0 Å². The van der Waals surface area contributed by atoms with Crippen molar-refractivity contribution in [1.82, 2.24) is 4.72 Å². The van der Waals surface area contributed by atoms with Crippen LogP contribution in [0.1, 0.15) is 44.4 Å². The molecular weight excluding hydrogens is 278 g/mol. The molecule has 1 aliphatic carbocycles. The van der Waals surface area contributed by atoms with Crippen molar-refractivity contribution in [3.63, 3.8) is 0 Å². The van der Waals surface area contributed by atoms with Crippen LogP contribution in [-0.4, -0.2) is 8.96 Å². The van der Waals surface area contributed by atoms with Crippen molar-refractivity contribution in [2.75, 3.05) is 0 Å². The molecule has 0 radical (unpaired) electrons. The Hall–Kier alpha value is -1.45. The molecule has 0 amide bonds. The van der Waals surface area contributed by atoms with Gasteiger partial charge < -0.3 is 0 Å². The zero-order chi connectivity index (χ0) is 15.0. The first kappa shape index (κ1) is 14.5. The molecule has 0 spiro atoms. The van der Waals surface area contributed by atoms with Crippen LogP contribution in [0.25, 0.3) is 16.8 Å². The van der Waals surface area contributed by atoms with E-state index in [1.807, 2.05) is 20.8 Å². The molecule has 110 valence electrons. The largest absolute Gasteiger partial charge is 0.242 e. The molecule has 0 saturated carbocycles. The predicted molar refractivity (Wildman–Crippen MR) is 91.4 cm³/mol. The maximum absolute atomic E-state index is 12.5. The second kappa shape index (κ2) is 5.39. The topological polar surface area (TPSA) is 29.1 Å². The molecule has 0 heterocycles. The zero-order valence-electron chi connectivity index (χ0n) is 12.7. The van der Waals surface area contributed by atoms with Crippen molar-refractivity contribution in [2.45, 2.75) is 38.0 Å². The molecule has 2 aromatic rings. The monoisotopic (exact) mass is 299 g/mol. The molecule has 0 aliphatic heterocycles. The highest BCUT2D eigenvalue weighted by atomic mass is 32.2. The number of rotatable bonds is 2. The van der Waals surface area contributed by atoms with Gasteiger partial charge in [0, 0.05) is 6.04 Å². The maximum Gasteiger partial charge on any atom is 0.0976 e. The molecule has 3 rings (SSSR count). The highest BCUT2D eigenvalue weighted by Crippen LogP contribution is 2.33. The number of hydrogen-bond donors (Lipinski definition) is 1. The summed E-state index contributed by atoms with van der Waals surface area (Å²) in [5.41, 5.74) is 2.49. The summed E-state index contributed by atoms with van der Waals surface area (Å²) >= 11 is 0. The number of benzene rings is 2. The Labute approximate surface area is 128 Å². The van der Waals surface area contributed by atoms with E-state index in [0.29, 0.717) is 0 Å². The maximum atomic E-state index is 12.5. The highest BCUT2D eigenvalue weighted by Gasteiger charge is 2.25. The Morgan fingerprint density at radius 2 is 1.86 bits per heavy atom. The Morgan fingerprint density at radius 1 is 1.14 bits per heavy atom. The lowest BCUT2D eigenvalue weighted by atomic mass is 9.96. The summed E-state index contributed by atoms with van der Waals surface area (Å²) < 4.78 is 15.5. The van der Waals surface area contributed by atoms with E-state index in [2.05, 4.69) is 53.3 Å². The third-order valence-electron chi connectivity index (χ3n) is 3.82. The Morgan fingerprint density at radius 3 is 2.57 bits per heavy atom. The van der Waals surface area contributed by atoms with Gasteiger partial charge in [-0.2, -0.15) is 0 Å². The van der Waals surface area contributed by atoms with Crippen LogP contribution in [0.5, 0.6) is 0 Å². The fraction of sp³-hybridized carbons (Fsp3) is 0.333. The fourth-order valence-corrected chi connectivity index (χ4v) is 3.54. The summed E-state index contributed by atoms with van der Waals surface area (Å²) in [7, 11) is -1.07. The van der Waals surface area contributed by atoms with E-state index < -0.39 is 11.0 Å². The molecule has 1 unspecified atom stereocenters. The van der Waals surface area contributed by atoms with Crippen molar-refractivity contribution in [1.29, 1.82) is 0 Å². The molecule has 0 fully saturated rings. The SMILES string of the molecule is CC(C)(C)S(=O)N[C@H]1CC=Cc2cccc3cccc1c23. The molecule has 2 atom stereocenters. The summed E-state index contributed by atoms with van der Waals surface area (Å²) in [5.74, 6) is 0. The molecule has 1 N–H and O–H groups in total. The van der Waals surface area contributed by atoms with Crippen LogP contribution in [0, 0.1) is 0 Å². The van der Waals surface area contributed by atoms with E-state index >= 15 is 0 Å². The predicted octanol–water partition coefficient (Wildman–Crippen LogP) is 4.35. The average Bonchev–Trinajstić information content (AvgIpc) is 2.61. The van der Waals surface area contributed by atoms with Gasteiger partial charge in [-0.05, 0) is 49.1 Å². The third-order valence-corrected chi connectivity index (χ3v) is 5.43. The normalized spacial score (nSPS) is 19.5.